The van der Waals surface area contributed by atoms with Gasteiger partial charge in [0.05, 0.1) is 13.2 Å². The van der Waals surface area contributed by atoms with E-state index < -0.39 is 0 Å². The predicted molar refractivity (Wildman–Crippen MR) is 57.9 cm³/mol. The van der Waals surface area contributed by atoms with E-state index in [0.717, 1.165) is 37.3 Å². The fourth-order valence-corrected chi connectivity index (χ4v) is 2.27. The minimum absolute atomic E-state index is 0.640. The molecule has 0 atom stereocenters. The van der Waals surface area contributed by atoms with Crippen molar-refractivity contribution in [3.05, 3.63) is 5.82 Å². The van der Waals surface area contributed by atoms with Crippen LogP contribution in [0, 0.1) is 0 Å². The van der Waals surface area contributed by atoms with E-state index in [-0.39, 0.29) is 0 Å². The van der Waals surface area contributed by atoms with Gasteiger partial charge in [-0.2, -0.15) is 4.37 Å². The Hall–Kier alpha value is -0.720. The largest absolute Gasteiger partial charge is 0.379 e. The average molecular weight is 226 g/mol. The number of anilines is 1. The summed E-state index contributed by atoms with van der Waals surface area (Å²) in [5.41, 5.74) is 3.28. The molecular formula is C9H14N4OS. The molecule has 2 heterocycles. The van der Waals surface area contributed by atoms with Crippen molar-refractivity contribution in [3.63, 3.8) is 0 Å². The van der Waals surface area contributed by atoms with Crippen LogP contribution >= 0.6 is 11.5 Å². The van der Waals surface area contributed by atoms with Gasteiger partial charge in [-0.3, -0.25) is 5.43 Å². The van der Waals surface area contributed by atoms with Gasteiger partial charge in [0.2, 0.25) is 5.13 Å². The fourth-order valence-electron chi connectivity index (χ4n) is 1.60. The van der Waals surface area contributed by atoms with Gasteiger partial charge in [0, 0.05) is 30.5 Å². The Morgan fingerprint density at radius 1 is 1.33 bits per heavy atom. The Labute approximate surface area is 92.6 Å². The second-order valence-corrected chi connectivity index (χ2v) is 4.70. The van der Waals surface area contributed by atoms with Crippen LogP contribution in [0.5, 0.6) is 0 Å². The third-order valence-electron chi connectivity index (χ3n) is 2.65. The molecule has 1 aromatic rings. The molecule has 2 aliphatic rings. The number of rotatable bonds is 3. The van der Waals surface area contributed by atoms with Crippen molar-refractivity contribution < 1.29 is 4.74 Å². The zero-order valence-corrected chi connectivity index (χ0v) is 9.29. The molecule has 1 aromatic heterocycles. The first kappa shape index (κ1) is 9.50. The Kier molecular flexibility index (Phi) is 2.56. The number of ether oxygens (including phenoxy) is 1. The van der Waals surface area contributed by atoms with Crippen LogP contribution in [0.15, 0.2) is 0 Å². The maximum Gasteiger partial charge on any atom is 0.217 e. The minimum Gasteiger partial charge on any atom is -0.379 e. The molecule has 0 bridgehead atoms. The number of nitrogens with zero attached hydrogens (tertiary/aromatic N) is 3. The molecule has 1 N–H and O–H groups in total. The molecule has 3 rings (SSSR count). The lowest BCUT2D eigenvalue weighted by Crippen LogP contribution is -2.40. The lowest BCUT2D eigenvalue weighted by molar-refractivity contribution is 0.0497. The van der Waals surface area contributed by atoms with Crippen molar-refractivity contribution in [2.75, 3.05) is 31.7 Å². The highest BCUT2D eigenvalue weighted by Crippen LogP contribution is 2.39. The summed E-state index contributed by atoms with van der Waals surface area (Å²) in [6.07, 6.45) is 2.52. The van der Waals surface area contributed by atoms with Gasteiger partial charge in [-0.15, -0.1) is 0 Å². The fraction of sp³-hybridized carbons (Fsp3) is 0.778. The highest BCUT2D eigenvalue weighted by Gasteiger charge is 2.28. The van der Waals surface area contributed by atoms with Gasteiger partial charge in [-0.05, 0) is 12.8 Å². The van der Waals surface area contributed by atoms with Crippen molar-refractivity contribution >= 4 is 16.7 Å². The molecular weight excluding hydrogens is 212 g/mol. The average Bonchev–Trinajstić information content (AvgIpc) is 3.02. The van der Waals surface area contributed by atoms with E-state index in [9.17, 15) is 0 Å². The summed E-state index contributed by atoms with van der Waals surface area (Å²) in [6, 6.07) is 0. The second-order valence-electron chi connectivity index (χ2n) is 3.94. The van der Waals surface area contributed by atoms with Gasteiger partial charge >= 0.3 is 0 Å². The highest BCUT2D eigenvalue weighted by molar-refractivity contribution is 7.09. The Bertz CT molecular complexity index is 333. The summed E-state index contributed by atoms with van der Waals surface area (Å²) < 4.78 is 9.63. The van der Waals surface area contributed by atoms with Crippen molar-refractivity contribution in [1.82, 2.24) is 14.4 Å². The summed E-state index contributed by atoms with van der Waals surface area (Å²) in [5.74, 6) is 1.66. The van der Waals surface area contributed by atoms with Gasteiger partial charge in [-0.25, -0.2) is 9.99 Å². The van der Waals surface area contributed by atoms with Crippen LogP contribution in [0.3, 0.4) is 0 Å². The lowest BCUT2D eigenvalue weighted by atomic mass is 10.4. The zero-order valence-electron chi connectivity index (χ0n) is 8.48. The standard InChI is InChI=1S/C9H14N4OS/c1-2-7(1)8-10-9(15-12-8)11-13-3-5-14-6-4-13/h7H,1-6H2,(H,10,11,12). The Morgan fingerprint density at radius 3 is 2.87 bits per heavy atom. The summed E-state index contributed by atoms with van der Waals surface area (Å²) in [6.45, 7) is 3.42. The summed E-state index contributed by atoms with van der Waals surface area (Å²) >= 11 is 1.46. The van der Waals surface area contributed by atoms with Gasteiger partial charge in [-0.1, -0.05) is 0 Å². The van der Waals surface area contributed by atoms with E-state index in [2.05, 4.69) is 19.8 Å². The third-order valence-corrected chi connectivity index (χ3v) is 3.28. The van der Waals surface area contributed by atoms with E-state index in [1.165, 1.54) is 24.4 Å². The Balaban J connectivity index is 1.60. The Morgan fingerprint density at radius 2 is 2.13 bits per heavy atom. The van der Waals surface area contributed by atoms with Crippen LogP contribution in [0.2, 0.25) is 0 Å². The van der Waals surface area contributed by atoms with E-state index >= 15 is 0 Å². The van der Waals surface area contributed by atoms with E-state index in [0.29, 0.717) is 5.92 Å². The maximum atomic E-state index is 5.28. The van der Waals surface area contributed by atoms with Crippen molar-refractivity contribution in [2.24, 2.45) is 0 Å². The molecule has 1 saturated heterocycles. The topological polar surface area (TPSA) is 50.3 Å². The molecule has 0 amide bonds. The SMILES string of the molecule is C1CN(Nc2nc(C3CC3)ns2)CCO1. The quantitative estimate of drug-likeness (QED) is 0.835. The van der Waals surface area contributed by atoms with Crippen LogP contribution in [0.25, 0.3) is 0 Å². The summed E-state index contributed by atoms with van der Waals surface area (Å²) in [5, 5.41) is 3.06. The number of hydrogen-bond acceptors (Lipinski definition) is 6. The number of aromatic nitrogens is 2. The smallest absolute Gasteiger partial charge is 0.217 e. The number of hydrazine groups is 1. The van der Waals surface area contributed by atoms with Crippen LogP contribution in [0.1, 0.15) is 24.6 Å². The van der Waals surface area contributed by atoms with E-state index in [1.54, 1.807) is 0 Å². The molecule has 5 nitrogen and oxygen atoms in total. The van der Waals surface area contributed by atoms with Gasteiger partial charge in [0.1, 0.15) is 5.82 Å². The first-order chi connectivity index (χ1) is 7.42. The molecule has 2 fully saturated rings. The summed E-state index contributed by atoms with van der Waals surface area (Å²) in [7, 11) is 0. The van der Waals surface area contributed by atoms with Crippen LogP contribution < -0.4 is 5.43 Å². The minimum atomic E-state index is 0.640. The van der Waals surface area contributed by atoms with Crippen molar-refractivity contribution in [3.8, 4) is 0 Å². The number of nitrogens with one attached hydrogen (secondary N) is 1. The van der Waals surface area contributed by atoms with E-state index in [4.69, 9.17) is 4.74 Å². The normalized spacial score (nSPS) is 22.9. The molecule has 6 heteroatoms. The van der Waals surface area contributed by atoms with Crippen LogP contribution in [-0.2, 0) is 4.74 Å². The number of morpholine rings is 1. The van der Waals surface area contributed by atoms with E-state index in [1.807, 2.05) is 0 Å². The summed E-state index contributed by atoms with van der Waals surface area (Å²) in [4.78, 5) is 4.48. The maximum absolute atomic E-state index is 5.28. The molecule has 1 aliphatic carbocycles. The van der Waals surface area contributed by atoms with Gasteiger partial charge in [0.25, 0.3) is 0 Å². The molecule has 0 unspecified atom stereocenters. The molecule has 1 saturated carbocycles. The molecule has 1 aliphatic heterocycles. The molecule has 0 spiro atoms. The molecule has 0 aromatic carbocycles. The van der Waals surface area contributed by atoms with Gasteiger partial charge < -0.3 is 4.74 Å². The monoisotopic (exact) mass is 226 g/mol. The van der Waals surface area contributed by atoms with Crippen LogP contribution in [0.4, 0.5) is 5.13 Å². The second kappa shape index (κ2) is 4.03. The molecule has 82 valence electrons. The highest BCUT2D eigenvalue weighted by atomic mass is 32.1. The molecule has 0 radical (unpaired) electrons. The first-order valence-corrected chi connectivity index (χ1v) is 6.12. The molecule has 15 heavy (non-hydrogen) atoms. The van der Waals surface area contributed by atoms with Crippen molar-refractivity contribution in [2.45, 2.75) is 18.8 Å². The third kappa shape index (κ3) is 2.27. The lowest BCUT2D eigenvalue weighted by Gasteiger charge is -2.26. The first-order valence-electron chi connectivity index (χ1n) is 5.35. The predicted octanol–water partition coefficient (Wildman–Crippen LogP) is 1.07. The van der Waals surface area contributed by atoms with Crippen LogP contribution in [-0.4, -0.2) is 40.7 Å². The van der Waals surface area contributed by atoms with Gasteiger partial charge in [0.15, 0.2) is 0 Å². The zero-order chi connectivity index (χ0) is 10.1. The van der Waals surface area contributed by atoms with Crippen molar-refractivity contribution in [1.29, 1.82) is 0 Å². The number of hydrogen-bond donors (Lipinski definition) is 1.